The molecule has 0 saturated carbocycles. The molecular weight excluding hydrogens is 304 g/mol. The highest BCUT2D eigenvalue weighted by atomic mass is 32.2. The first kappa shape index (κ1) is 15.7. The minimum Gasteiger partial charge on any atom is -0.382 e. The van der Waals surface area contributed by atoms with Gasteiger partial charge in [-0.15, -0.1) is 0 Å². The third-order valence-corrected chi connectivity index (χ3v) is 4.80. The normalized spacial score (nSPS) is 11.4. The van der Waals surface area contributed by atoms with Crippen molar-refractivity contribution in [2.24, 2.45) is 0 Å². The minimum atomic E-state index is -3.52. The Kier molecular flexibility index (Phi) is 3.99. The second kappa shape index (κ2) is 5.59. The molecule has 1 aromatic carbocycles. The third-order valence-electron chi connectivity index (χ3n) is 2.97. The number of benzene rings is 1. The Balaban J connectivity index is 2.56. The summed E-state index contributed by atoms with van der Waals surface area (Å²) in [6.07, 6.45) is 0. The fourth-order valence-electron chi connectivity index (χ4n) is 1.81. The van der Waals surface area contributed by atoms with Crippen LogP contribution in [0.4, 0.5) is 11.8 Å². The van der Waals surface area contributed by atoms with Gasteiger partial charge in [0.1, 0.15) is 17.5 Å². The van der Waals surface area contributed by atoms with Crippen LogP contribution in [0.5, 0.6) is 0 Å². The number of hydrogen-bond acceptors (Lipinski definition) is 7. The molecule has 0 radical (unpaired) electrons. The molecular formula is C13H14N6O2S. The number of hydrogen-bond donors (Lipinski definition) is 2. The van der Waals surface area contributed by atoms with Crippen molar-refractivity contribution >= 4 is 21.8 Å². The molecule has 0 aliphatic carbocycles. The van der Waals surface area contributed by atoms with E-state index in [-0.39, 0.29) is 27.9 Å². The summed E-state index contributed by atoms with van der Waals surface area (Å²) < 4.78 is 25.2. The molecule has 0 saturated heterocycles. The lowest BCUT2D eigenvalue weighted by atomic mass is 10.1. The Morgan fingerprint density at radius 2 is 1.73 bits per heavy atom. The number of rotatable bonds is 3. The minimum absolute atomic E-state index is 0.0185. The predicted octanol–water partition coefficient (Wildman–Crippen LogP) is 0.430. The highest BCUT2D eigenvalue weighted by Crippen LogP contribution is 2.26. The maximum atomic E-state index is 12.0. The van der Waals surface area contributed by atoms with Gasteiger partial charge in [0.15, 0.2) is 0 Å². The van der Waals surface area contributed by atoms with E-state index in [1.165, 1.54) is 26.2 Å². The summed E-state index contributed by atoms with van der Waals surface area (Å²) >= 11 is 0. The van der Waals surface area contributed by atoms with Gasteiger partial charge < -0.3 is 11.5 Å². The lowest BCUT2D eigenvalue weighted by molar-refractivity contribution is 0.521. The molecule has 0 bridgehead atoms. The molecule has 0 unspecified atom stereocenters. The first-order valence-corrected chi connectivity index (χ1v) is 7.57. The van der Waals surface area contributed by atoms with Crippen molar-refractivity contribution in [1.82, 2.24) is 14.3 Å². The van der Waals surface area contributed by atoms with E-state index in [0.717, 1.165) is 4.31 Å². The molecule has 1 heterocycles. The average Bonchev–Trinajstić information content (AvgIpc) is 2.46. The summed E-state index contributed by atoms with van der Waals surface area (Å²) in [5.74, 6) is -0.0773. The van der Waals surface area contributed by atoms with Crippen LogP contribution in [0.25, 0.3) is 11.3 Å². The highest BCUT2D eigenvalue weighted by molar-refractivity contribution is 7.89. The fourth-order valence-corrected chi connectivity index (χ4v) is 2.71. The van der Waals surface area contributed by atoms with Crippen molar-refractivity contribution in [2.75, 3.05) is 25.6 Å². The zero-order chi connectivity index (χ0) is 16.5. The summed E-state index contributed by atoms with van der Waals surface area (Å²) in [5.41, 5.74) is 12.1. The maximum Gasteiger partial charge on any atom is 0.242 e. The van der Waals surface area contributed by atoms with Gasteiger partial charge in [-0.1, -0.05) is 12.1 Å². The molecule has 114 valence electrons. The van der Waals surface area contributed by atoms with E-state index in [4.69, 9.17) is 16.7 Å². The van der Waals surface area contributed by atoms with Crippen LogP contribution in [0.2, 0.25) is 0 Å². The molecule has 0 fully saturated rings. The van der Waals surface area contributed by atoms with Gasteiger partial charge in [0, 0.05) is 19.7 Å². The Bertz CT molecular complexity index is 853. The van der Waals surface area contributed by atoms with Crippen molar-refractivity contribution in [3.05, 3.63) is 29.8 Å². The number of sulfonamides is 1. The summed E-state index contributed by atoms with van der Waals surface area (Å²) in [4.78, 5) is 7.87. The van der Waals surface area contributed by atoms with Crippen LogP contribution in [0.3, 0.4) is 0 Å². The monoisotopic (exact) mass is 318 g/mol. The summed E-state index contributed by atoms with van der Waals surface area (Å²) in [6.45, 7) is 0. The SMILES string of the molecule is CN(C)S(=O)(=O)c1ccc(-c2nc(N)nc(N)c2C#N)cc1. The molecule has 9 heteroatoms. The zero-order valence-electron chi connectivity index (χ0n) is 12.0. The molecule has 2 aromatic rings. The van der Waals surface area contributed by atoms with E-state index in [9.17, 15) is 8.42 Å². The molecule has 0 atom stereocenters. The van der Waals surface area contributed by atoms with Gasteiger partial charge >= 0.3 is 0 Å². The van der Waals surface area contributed by atoms with Crippen LogP contribution in [-0.2, 0) is 10.0 Å². The Labute approximate surface area is 128 Å². The van der Waals surface area contributed by atoms with Gasteiger partial charge in [0.25, 0.3) is 0 Å². The molecule has 4 N–H and O–H groups in total. The lowest BCUT2D eigenvalue weighted by Crippen LogP contribution is -2.22. The summed E-state index contributed by atoms with van der Waals surface area (Å²) in [5, 5.41) is 9.15. The number of anilines is 2. The van der Waals surface area contributed by atoms with Gasteiger partial charge in [0.05, 0.1) is 10.6 Å². The molecule has 0 aliphatic heterocycles. The largest absolute Gasteiger partial charge is 0.382 e. The van der Waals surface area contributed by atoms with Crippen LogP contribution in [0.1, 0.15) is 5.56 Å². The van der Waals surface area contributed by atoms with E-state index in [0.29, 0.717) is 5.56 Å². The van der Waals surface area contributed by atoms with E-state index in [2.05, 4.69) is 9.97 Å². The van der Waals surface area contributed by atoms with Crippen molar-refractivity contribution in [3.63, 3.8) is 0 Å². The van der Waals surface area contributed by atoms with Crippen LogP contribution in [0, 0.1) is 11.3 Å². The van der Waals surface area contributed by atoms with Crippen molar-refractivity contribution in [3.8, 4) is 17.3 Å². The molecule has 8 nitrogen and oxygen atoms in total. The Hall–Kier alpha value is -2.70. The smallest absolute Gasteiger partial charge is 0.242 e. The molecule has 1 aromatic heterocycles. The number of nitriles is 1. The first-order valence-electron chi connectivity index (χ1n) is 6.13. The number of nitrogens with two attached hydrogens (primary N) is 2. The van der Waals surface area contributed by atoms with Gasteiger partial charge in [0.2, 0.25) is 16.0 Å². The summed E-state index contributed by atoms with van der Waals surface area (Å²) in [6, 6.07) is 7.86. The third kappa shape index (κ3) is 2.69. The van der Waals surface area contributed by atoms with Gasteiger partial charge in [-0.05, 0) is 12.1 Å². The molecule has 2 rings (SSSR count). The van der Waals surface area contributed by atoms with E-state index in [1.54, 1.807) is 12.1 Å². The fraction of sp³-hybridized carbons (Fsp3) is 0.154. The van der Waals surface area contributed by atoms with Crippen LogP contribution < -0.4 is 11.5 Å². The van der Waals surface area contributed by atoms with Crippen molar-refractivity contribution in [1.29, 1.82) is 5.26 Å². The van der Waals surface area contributed by atoms with E-state index < -0.39 is 10.0 Å². The Morgan fingerprint density at radius 1 is 1.14 bits per heavy atom. The second-order valence-corrected chi connectivity index (χ2v) is 6.77. The number of nitrogens with zero attached hydrogens (tertiary/aromatic N) is 4. The number of aromatic nitrogens is 2. The van der Waals surface area contributed by atoms with Crippen LogP contribution in [0.15, 0.2) is 29.2 Å². The predicted molar refractivity (Wildman–Crippen MR) is 81.9 cm³/mol. The standard InChI is InChI=1S/C13H14N6O2S/c1-19(2)22(20,21)9-5-3-8(4-6-9)11-10(7-14)12(15)18-13(16)17-11/h3-6H,1-2H3,(H4,15,16,17,18). The maximum absolute atomic E-state index is 12.0. The Morgan fingerprint density at radius 3 is 2.23 bits per heavy atom. The molecule has 0 aliphatic rings. The first-order chi connectivity index (χ1) is 10.3. The van der Waals surface area contributed by atoms with Crippen LogP contribution >= 0.6 is 0 Å². The number of nitrogen functional groups attached to an aromatic ring is 2. The van der Waals surface area contributed by atoms with E-state index in [1.807, 2.05) is 6.07 Å². The van der Waals surface area contributed by atoms with Gasteiger partial charge in [-0.3, -0.25) is 0 Å². The highest BCUT2D eigenvalue weighted by Gasteiger charge is 2.18. The quantitative estimate of drug-likeness (QED) is 0.836. The van der Waals surface area contributed by atoms with Gasteiger partial charge in [-0.2, -0.15) is 10.2 Å². The van der Waals surface area contributed by atoms with E-state index >= 15 is 0 Å². The molecule has 0 spiro atoms. The molecule has 22 heavy (non-hydrogen) atoms. The van der Waals surface area contributed by atoms with Crippen molar-refractivity contribution < 1.29 is 8.42 Å². The second-order valence-electron chi connectivity index (χ2n) is 4.61. The van der Waals surface area contributed by atoms with Gasteiger partial charge in [-0.25, -0.2) is 17.7 Å². The van der Waals surface area contributed by atoms with Crippen molar-refractivity contribution in [2.45, 2.75) is 4.90 Å². The lowest BCUT2D eigenvalue weighted by Gasteiger charge is -2.12. The van der Waals surface area contributed by atoms with Crippen LogP contribution in [-0.4, -0.2) is 36.8 Å². The zero-order valence-corrected chi connectivity index (χ0v) is 12.8. The molecule has 0 amide bonds. The average molecular weight is 318 g/mol. The topological polar surface area (TPSA) is 139 Å². The summed E-state index contributed by atoms with van der Waals surface area (Å²) in [7, 11) is -0.627.